The van der Waals surface area contributed by atoms with Crippen molar-refractivity contribution in [2.45, 2.75) is 58.9 Å². The molecule has 1 heterocycles. The highest BCUT2D eigenvalue weighted by atomic mass is 15.1. The van der Waals surface area contributed by atoms with E-state index in [1.54, 1.807) is 0 Å². The molecule has 2 rings (SSSR count). The van der Waals surface area contributed by atoms with Crippen LogP contribution < -0.4 is 5.32 Å². The standard InChI is InChI=1S/C15H25N3/c1-4-8-16-15(10-12-6-7-12)13-9-11(3)17-18-14(13)5-2/h9,12,15-16H,4-8,10H2,1-3H3. The van der Waals surface area contributed by atoms with Crippen molar-refractivity contribution < 1.29 is 0 Å². The Morgan fingerprint density at radius 1 is 1.33 bits per heavy atom. The summed E-state index contributed by atoms with van der Waals surface area (Å²) < 4.78 is 0. The lowest BCUT2D eigenvalue weighted by molar-refractivity contribution is 0.468. The van der Waals surface area contributed by atoms with Crippen LogP contribution in [0.1, 0.15) is 62.5 Å². The number of aryl methyl sites for hydroxylation is 2. The Morgan fingerprint density at radius 2 is 2.11 bits per heavy atom. The van der Waals surface area contributed by atoms with Crippen molar-refractivity contribution in [1.29, 1.82) is 0 Å². The zero-order valence-electron chi connectivity index (χ0n) is 11.9. The average molecular weight is 247 g/mol. The third-order valence-corrected chi connectivity index (χ3v) is 3.64. The SMILES string of the molecule is CCCNC(CC1CC1)c1cc(C)nnc1CC. The summed E-state index contributed by atoms with van der Waals surface area (Å²) in [6, 6.07) is 2.70. The lowest BCUT2D eigenvalue weighted by Gasteiger charge is -2.21. The topological polar surface area (TPSA) is 37.8 Å². The molecule has 3 nitrogen and oxygen atoms in total. The predicted molar refractivity (Wildman–Crippen MR) is 74.5 cm³/mol. The number of hydrogen-bond acceptors (Lipinski definition) is 3. The number of hydrogen-bond donors (Lipinski definition) is 1. The Labute approximate surface area is 110 Å². The second-order valence-corrected chi connectivity index (χ2v) is 5.43. The Hall–Kier alpha value is -0.960. The van der Waals surface area contributed by atoms with E-state index in [4.69, 9.17) is 0 Å². The number of nitrogens with zero attached hydrogens (tertiary/aromatic N) is 2. The molecule has 1 fully saturated rings. The van der Waals surface area contributed by atoms with Crippen molar-refractivity contribution >= 4 is 0 Å². The van der Waals surface area contributed by atoms with Gasteiger partial charge in [0, 0.05) is 6.04 Å². The maximum Gasteiger partial charge on any atom is 0.0676 e. The molecule has 1 aromatic rings. The molecule has 1 aliphatic carbocycles. The largest absolute Gasteiger partial charge is 0.310 e. The molecule has 0 radical (unpaired) electrons. The van der Waals surface area contributed by atoms with Gasteiger partial charge in [-0.05, 0) is 50.3 Å². The maximum absolute atomic E-state index is 4.36. The molecule has 1 aliphatic rings. The molecule has 100 valence electrons. The minimum atomic E-state index is 0.474. The molecule has 0 saturated heterocycles. The molecule has 0 aromatic carbocycles. The fraction of sp³-hybridized carbons (Fsp3) is 0.733. The molecule has 18 heavy (non-hydrogen) atoms. The van der Waals surface area contributed by atoms with Gasteiger partial charge in [-0.2, -0.15) is 10.2 Å². The van der Waals surface area contributed by atoms with Crippen molar-refractivity contribution in [2.24, 2.45) is 5.92 Å². The van der Waals surface area contributed by atoms with E-state index >= 15 is 0 Å². The Kier molecular flexibility index (Phi) is 4.70. The summed E-state index contributed by atoms with van der Waals surface area (Å²) in [6.45, 7) is 7.50. The van der Waals surface area contributed by atoms with Gasteiger partial charge >= 0.3 is 0 Å². The zero-order valence-corrected chi connectivity index (χ0v) is 11.9. The summed E-state index contributed by atoms with van der Waals surface area (Å²) in [5.41, 5.74) is 3.57. The van der Waals surface area contributed by atoms with Gasteiger partial charge in [-0.25, -0.2) is 0 Å². The van der Waals surface area contributed by atoms with Crippen LogP contribution in [-0.4, -0.2) is 16.7 Å². The van der Waals surface area contributed by atoms with E-state index in [0.717, 1.165) is 30.3 Å². The lowest BCUT2D eigenvalue weighted by Crippen LogP contribution is -2.24. The third kappa shape index (κ3) is 3.52. The summed E-state index contributed by atoms with van der Waals surface area (Å²) in [4.78, 5) is 0. The van der Waals surface area contributed by atoms with Crippen molar-refractivity contribution in [3.8, 4) is 0 Å². The Balaban J connectivity index is 2.18. The quantitative estimate of drug-likeness (QED) is 0.804. The zero-order chi connectivity index (χ0) is 13.0. The molecular weight excluding hydrogens is 222 g/mol. The van der Waals surface area contributed by atoms with Crippen molar-refractivity contribution in [3.63, 3.8) is 0 Å². The van der Waals surface area contributed by atoms with Crippen LogP contribution in [0, 0.1) is 12.8 Å². The van der Waals surface area contributed by atoms with Crippen LogP contribution in [0.15, 0.2) is 6.07 Å². The second kappa shape index (κ2) is 6.28. The average Bonchev–Trinajstić information content (AvgIpc) is 3.18. The molecule has 0 bridgehead atoms. The van der Waals surface area contributed by atoms with Gasteiger partial charge in [0.25, 0.3) is 0 Å². The van der Waals surface area contributed by atoms with Crippen LogP contribution in [0.2, 0.25) is 0 Å². The summed E-state index contributed by atoms with van der Waals surface area (Å²) in [5, 5.41) is 12.2. The van der Waals surface area contributed by atoms with Gasteiger partial charge in [-0.1, -0.05) is 26.7 Å². The van der Waals surface area contributed by atoms with Gasteiger partial charge in [0.15, 0.2) is 0 Å². The van der Waals surface area contributed by atoms with E-state index in [1.165, 1.54) is 31.2 Å². The molecule has 1 atom stereocenters. The van der Waals surface area contributed by atoms with E-state index in [1.807, 2.05) is 6.92 Å². The second-order valence-electron chi connectivity index (χ2n) is 5.43. The van der Waals surface area contributed by atoms with Crippen LogP contribution >= 0.6 is 0 Å². The Morgan fingerprint density at radius 3 is 2.72 bits per heavy atom. The van der Waals surface area contributed by atoms with Crippen molar-refractivity contribution in [3.05, 3.63) is 23.0 Å². The predicted octanol–water partition coefficient (Wildman–Crippen LogP) is 3.19. The van der Waals surface area contributed by atoms with Crippen LogP contribution in [0.4, 0.5) is 0 Å². The molecule has 0 amide bonds. The lowest BCUT2D eigenvalue weighted by atomic mass is 9.98. The van der Waals surface area contributed by atoms with E-state index in [0.29, 0.717) is 6.04 Å². The molecule has 1 aromatic heterocycles. The number of nitrogens with one attached hydrogen (secondary N) is 1. The first-order chi connectivity index (χ1) is 8.74. The monoisotopic (exact) mass is 247 g/mol. The van der Waals surface area contributed by atoms with Gasteiger partial charge in [-0.15, -0.1) is 0 Å². The highest BCUT2D eigenvalue weighted by Crippen LogP contribution is 2.38. The van der Waals surface area contributed by atoms with Crippen molar-refractivity contribution in [2.75, 3.05) is 6.54 Å². The first kappa shape index (κ1) is 13.5. The number of rotatable bonds is 7. The van der Waals surface area contributed by atoms with Crippen LogP contribution in [0.5, 0.6) is 0 Å². The van der Waals surface area contributed by atoms with Gasteiger partial charge < -0.3 is 5.32 Å². The Bertz CT molecular complexity index is 385. The van der Waals surface area contributed by atoms with Crippen LogP contribution in [0.25, 0.3) is 0 Å². The van der Waals surface area contributed by atoms with E-state index in [2.05, 4.69) is 35.4 Å². The first-order valence-electron chi connectivity index (χ1n) is 7.31. The first-order valence-corrected chi connectivity index (χ1v) is 7.31. The molecule has 0 aliphatic heterocycles. The smallest absolute Gasteiger partial charge is 0.0676 e. The van der Waals surface area contributed by atoms with Gasteiger partial charge in [0.05, 0.1) is 11.4 Å². The minimum absolute atomic E-state index is 0.474. The third-order valence-electron chi connectivity index (χ3n) is 3.64. The fourth-order valence-electron chi connectivity index (χ4n) is 2.44. The highest BCUT2D eigenvalue weighted by Gasteiger charge is 2.27. The molecule has 1 saturated carbocycles. The molecule has 1 N–H and O–H groups in total. The van der Waals surface area contributed by atoms with Gasteiger partial charge in [-0.3, -0.25) is 0 Å². The van der Waals surface area contributed by atoms with Crippen molar-refractivity contribution in [1.82, 2.24) is 15.5 Å². The van der Waals surface area contributed by atoms with E-state index in [9.17, 15) is 0 Å². The van der Waals surface area contributed by atoms with Gasteiger partial charge in [0.1, 0.15) is 0 Å². The minimum Gasteiger partial charge on any atom is -0.310 e. The summed E-state index contributed by atoms with van der Waals surface area (Å²) in [5.74, 6) is 0.928. The van der Waals surface area contributed by atoms with Crippen LogP contribution in [-0.2, 0) is 6.42 Å². The summed E-state index contributed by atoms with van der Waals surface area (Å²) in [6.07, 6.45) is 6.22. The maximum atomic E-state index is 4.36. The normalized spacial score (nSPS) is 16.8. The number of aromatic nitrogens is 2. The fourth-order valence-corrected chi connectivity index (χ4v) is 2.44. The highest BCUT2D eigenvalue weighted by molar-refractivity contribution is 5.25. The molecule has 0 spiro atoms. The van der Waals surface area contributed by atoms with E-state index in [-0.39, 0.29) is 0 Å². The summed E-state index contributed by atoms with van der Waals surface area (Å²) >= 11 is 0. The van der Waals surface area contributed by atoms with E-state index < -0.39 is 0 Å². The van der Waals surface area contributed by atoms with Gasteiger partial charge in [0.2, 0.25) is 0 Å². The van der Waals surface area contributed by atoms with Crippen LogP contribution in [0.3, 0.4) is 0 Å². The molecular formula is C15H25N3. The summed E-state index contributed by atoms with van der Waals surface area (Å²) in [7, 11) is 0. The molecule has 3 heteroatoms. The molecule has 1 unspecified atom stereocenters.